The van der Waals surface area contributed by atoms with Crippen LogP contribution in [0.5, 0.6) is 5.75 Å². The Labute approximate surface area is 136 Å². The highest BCUT2D eigenvalue weighted by atomic mass is 16.3. The molecule has 1 heterocycles. The number of anilines is 1. The second-order valence-corrected chi connectivity index (χ2v) is 6.00. The maximum atomic E-state index is 10.6. The largest absolute Gasteiger partial charge is 0.505 e. The fourth-order valence-corrected chi connectivity index (χ4v) is 2.84. The van der Waals surface area contributed by atoms with Crippen molar-refractivity contribution in [3.05, 3.63) is 65.4 Å². The molecule has 0 saturated heterocycles. The van der Waals surface area contributed by atoms with Crippen LogP contribution in [0.25, 0.3) is 10.9 Å². The average Bonchev–Trinajstić information content (AvgIpc) is 2.57. The number of fused-ring (bicyclic) bond motifs is 1. The standard InChI is InChI=1S/C19H21N3O/c1-12-10-16(19(23)18-15(12)8-5-9-21-18)17(20)13-6-4-7-14(11-13)22(2)3/h4-11,17,23H,20H2,1-3H3. The molecule has 1 atom stereocenters. The molecular weight excluding hydrogens is 286 g/mol. The van der Waals surface area contributed by atoms with Crippen molar-refractivity contribution in [2.75, 3.05) is 19.0 Å². The molecule has 2 aromatic carbocycles. The Morgan fingerprint density at radius 3 is 2.65 bits per heavy atom. The summed E-state index contributed by atoms with van der Waals surface area (Å²) in [7, 11) is 3.98. The number of pyridine rings is 1. The van der Waals surface area contributed by atoms with Crippen LogP contribution in [0.4, 0.5) is 5.69 Å². The SMILES string of the molecule is Cc1cc(C(N)c2cccc(N(C)C)c2)c(O)c2ncccc12. The molecule has 23 heavy (non-hydrogen) atoms. The van der Waals surface area contributed by atoms with Gasteiger partial charge in [0.1, 0.15) is 11.3 Å². The van der Waals surface area contributed by atoms with Crippen molar-refractivity contribution in [3.8, 4) is 5.75 Å². The van der Waals surface area contributed by atoms with E-state index < -0.39 is 6.04 Å². The van der Waals surface area contributed by atoms with Gasteiger partial charge in [0, 0.05) is 36.9 Å². The molecule has 0 saturated carbocycles. The Balaban J connectivity index is 2.13. The van der Waals surface area contributed by atoms with Crippen LogP contribution in [0.15, 0.2) is 48.7 Å². The number of hydrogen-bond donors (Lipinski definition) is 2. The summed E-state index contributed by atoms with van der Waals surface area (Å²) < 4.78 is 0. The number of phenols is 1. The molecule has 0 fully saturated rings. The number of rotatable bonds is 3. The zero-order valence-corrected chi connectivity index (χ0v) is 13.6. The van der Waals surface area contributed by atoms with Crippen molar-refractivity contribution in [2.24, 2.45) is 5.73 Å². The van der Waals surface area contributed by atoms with Crippen LogP contribution in [0.3, 0.4) is 0 Å². The van der Waals surface area contributed by atoms with Gasteiger partial charge < -0.3 is 15.7 Å². The summed E-state index contributed by atoms with van der Waals surface area (Å²) in [5.41, 5.74) is 10.8. The van der Waals surface area contributed by atoms with Crippen LogP contribution >= 0.6 is 0 Å². The smallest absolute Gasteiger partial charge is 0.146 e. The number of nitrogens with two attached hydrogens (primary N) is 1. The van der Waals surface area contributed by atoms with Crippen LogP contribution in [0, 0.1) is 6.92 Å². The summed E-state index contributed by atoms with van der Waals surface area (Å²) in [5, 5.41) is 11.6. The van der Waals surface area contributed by atoms with Crippen LogP contribution < -0.4 is 10.6 Å². The van der Waals surface area contributed by atoms with Crippen molar-refractivity contribution in [1.29, 1.82) is 0 Å². The quantitative estimate of drug-likeness (QED) is 0.779. The molecule has 0 aliphatic rings. The van der Waals surface area contributed by atoms with Gasteiger partial charge >= 0.3 is 0 Å². The molecule has 4 heteroatoms. The topological polar surface area (TPSA) is 62.4 Å². The number of nitrogens with zero attached hydrogens (tertiary/aromatic N) is 2. The van der Waals surface area contributed by atoms with Gasteiger partial charge in [0.25, 0.3) is 0 Å². The summed E-state index contributed by atoms with van der Waals surface area (Å²) in [6, 6.07) is 13.4. The third kappa shape index (κ3) is 2.73. The molecule has 0 amide bonds. The highest BCUT2D eigenvalue weighted by molar-refractivity contribution is 5.88. The van der Waals surface area contributed by atoms with E-state index in [4.69, 9.17) is 5.73 Å². The number of hydrogen-bond acceptors (Lipinski definition) is 4. The molecule has 1 unspecified atom stereocenters. The number of aromatic nitrogens is 1. The first-order chi connectivity index (χ1) is 11.0. The lowest BCUT2D eigenvalue weighted by Gasteiger charge is -2.19. The van der Waals surface area contributed by atoms with Gasteiger partial charge in [0.2, 0.25) is 0 Å². The lowest BCUT2D eigenvalue weighted by molar-refractivity contribution is 0.470. The molecule has 0 bridgehead atoms. The molecule has 3 aromatic rings. The van der Waals surface area contributed by atoms with Gasteiger partial charge in [-0.15, -0.1) is 0 Å². The fourth-order valence-electron chi connectivity index (χ4n) is 2.84. The number of aromatic hydroxyl groups is 1. The Kier molecular flexibility index (Phi) is 3.92. The Morgan fingerprint density at radius 2 is 1.91 bits per heavy atom. The predicted octanol–water partition coefficient (Wildman–Crippen LogP) is 3.36. The minimum Gasteiger partial charge on any atom is -0.505 e. The summed E-state index contributed by atoms with van der Waals surface area (Å²) in [5.74, 6) is 0.161. The van der Waals surface area contributed by atoms with Gasteiger partial charge in [0.05, 0.1) is 6.04 Å². The maximum absolute atomic E-state index is 10.6. The van der Waals surface area contributed by atoms with Gasteiger partial charge in [-0.3, -0.25) is 4.98 Å². The molecule has 4 nitrogen and oxygen atoms in total. The highest BCUT2D eigenvalue weighted by Gasteiger charge is 2.18. The number of phenolic OH excluding ortho intramolecular Hbond substituents is 1. The third-order valence-corrected chi connectivity index (χ3v) is 4.18. The van der Waals surface area contributed by atoms with E-state index >= 15 is 0 Å². The van der Waals surface area contributed by atoms with Crippen molar-refractivity contribution in [2.45, 2.75) is 13.0 Å². The lowest BCUT2D eigenvalue weighted by Crippen LogP contribution is -2.14. The molecule has 0 radical (unpaired) electrons. The number of aryl methyl sites for hydroxylation is 1. The summed E-state index contributed by atoms with van der Waals surface area (Å²) in [6.45, 7) is 2.01. The van der Waals surface area contributed by atoms with Crippen molar-refractivity contribution in [3.63, 3.8) is 0 Å². The summed E-state index contributed by atoms with van der Waals surface area (Å²) in [6.07, 6.45) is 1.68. The third-order valence-electron chi connectivity index (χ3n) is 4.18. The molecule has 0 aliphatic heterocycles. The first kappa shape index (κ1) is 15.3. The average molecular weight is 307 g/mol. The van der Waals surface area contributed by atoms with E-state index in [-0.39, 0.29) is 5.75 Å². The van der Waals surface area contributed by atoms with Gasteiger partial charge in [0.15, 0.2) is 0 Å². The Morgan fingerprint density at radius 1 is 1.13 bits per heavy atom. The molecular formula is C19H21N3O. The van der Waals surface area contributed by atoms with Crippen molar-refractivity contribution in [1.82, 2.24) is 4.98 Å². The monoisotopic (exact) mass is 307 g/mol. The lowest BCUT2D eigenvalue weighted by atomic mass is 9.94. The normalized spacial score (nSPS) is 12.3. The zero-order valence-electron chi connectivity index (χ0n) is 13.6. The van der Waals surface area contributed by atoms with E-state index in [1.807, 2.05) is 68.4 Å². The van der Waals surface area contributed by atoms with E-state index in [1.165, 1.54) is 0 Å². The highest BCUT2D eigenvalue weighted by Crippen LogP contribution is 2.35. The summed E-state index contributed by atoms with van der Waals surface area (Å²) >= 11 is 0. The fraction of sp³-hybridized carbons (Fsp3) is 0.211. The minimum absolute atomic E-state index is 0.161. The second-order valence-electron chi connectivity index (χ2n) is 6.00. The Bertz CT molecular complexity index is 858. The van der Waals surface area contributed by atoms with Crippen LogP contribution in [0.2, 0.25) is 0 Å². The molecule has 1 aromatic heterocycles. The summed E-state index contributed by atoms with van der Waals surface area (Å²) in [4.78, 5) is 6.34. The second kappa shape index (κ2) is 5.89. The minimum atomic E-state index is -0.403. The first-order valence-electron chi connectivity index (χ1n) is 7.59. The zero-order chi connectivity index (χ0) is 16.6. The van der Waals surface area contributed by atoms with Crippen molar-refractivity contribution >= 4 is 16.6 Å². The first-order valence-corrected chi connectivity index (χ1v) is 7.59. The van der Waals surface area contributed by atoms with E-state index in [9.17, 15) is 5.11 Å². The molecule has 3 rings (SSSR count). The van der Waals surface area contributed by atoms with Gasteiger partial charge in [-0.05, 0) is 42.3 Å². The maximum Gasteiger partial charge on any atom is 0.146 e. The number of benzene rings is 2. The van der Waals surface area contributed by atoms with Crippen LogP contribution in [-0.4, -0.2) is 24.2 Å². The van der Waals surface area contributed by atoms with E-state index in [0.29, 0.717) is 11.1 Å². The molecule has 118 valence electrons. The molecule has 0 aliphatic carbocycles. The van der Waals surface area contributed by atoms with E-state index in [0.717, 1.165) is 22.2 Å². The van der Waals surface area contributed by atoms with Crippen LogP contribution in [0.1, 0.15) is 22.7 Å². The predicted molar refractivity (Wildman–Crippen MR) is 94.9 cm³/mol. The molecule has 0 spiro atoms. The van der Waals surface area contributed by atoms with E-state index in [2.05, 4.69) is 4.98 Å². The van der Waals surface area contributed by atoms with Crippen LogP contribution in [-0.2, 0) is 0 Å². The Hall–Kier alpha value is -2.59. The van der Waals surface area contributed by atoms with Gasteiger partial charge in [-0.25, -0.2) is 0 Å². The van der Waals surface area contributed by atoms with Gasteiger partial charge in [-0.2, -0.15) is 0 Å². The van der Waals surface area contributed by atoms with Gasteiger partial charge in [-0.1, -0.05) is 18.2 Å². The molecule has 3 N–H and O–H groups in total. The van der Waals surface area contributed by atoms with E-state index in [1.54, 1.807) is 6.20 Å². The van der Waals surface area contributed by atoms with Crippen molar-refractivity contribution < 1.29 is 5.11 Å².